The number of carbonyl (C=O) groups excluding carboxylic acids is 2. The van der Waals surface area contributed by atoms with E-state index in [0.717, 1.165) is 16.7 Å². The molecule has 3 aromatic carbocycles. The minimum atomic E-state index is -2.03. The first-order valence-electron chi connectivity index (χ1n) is 16.3. The molecule has 3 rings (SSSR count). The summed E-state index contributed by atoms with van der Waals surface area (Å²) in [4.78, 5) is 28.8. The molecule has 1 N–H and O–H groups in total. The zero-order chi connectivity index (χ0) is 36.2. The summed E-state index contributed by atoms with van der Waals surface area (Å²) in [5.41, 5.74) is 11.0. The Balaban J connectivity index is 1.73. The number of nitrogens with zero attached hydrogens (tertiary/aromatic N) is 3. The summed E-state index contributed by atoms with van der Waals surface area (Å²) in [7, 11) is -0.464. The van der Waals surface area contributed by atoms with Crippen molar-refractivity contribution in [3.63, 3.8) is 0 Å². The lowest BCUT2D eigenvalue weighted by molar-refractivity contribution is -0.147. The van der Waals surface area contributed by atoms with Crippen molar-refractivity contribution in [3.05, 3.63) is 99.9 Å². The zero-order valence-electron chi connectivity index (χ0n) is 30.1. The third-order valence-electron chi connectivity index (χ3n) is 8.15. The summed E-state index contributed by atoms with van der Waals surface area (Å²) < 4.78 is 29.1. The topological polar surface area (TPSA) is 141 Å². The number of amides is 1. The highest BCUT2D eigenvalue weighted by Gasteiger charge is 2.37. The van der Waals surface area contributed by atoms with Gasteiger partial charge in [-0.1, -0.05) is 74.4 Å². The highest BCUT2D eigenvalue weighted by Crippen LogP contribution is 2.37. The van der Waals surface area contributed by atoms with E-state index in [1.807, 2.05) is 60.7 Å². The molecule has 0 saturated heterocycles. The maximum Gasteiger partial charge on any atom is 0.408 e. The quantitative estimate of drug-likeness (QED) is 0.0552. The van der Waals surface area contributed by atoms with Crippen molar-refractivity contribution in [3.8, 4) is 17.2 Å². The fourth-order valence-corrected chi connectivity index (χ4v) is 5.50. The van der Waals surface area contributed by atoms with Crippen LogP contribution >= 0.6 is 0 Å². The van der Waals surface area contributed by atoms with Gasteiger partial charge < -0.3 is 28.7 Å². The standard InChI is InChI=1S/C37H50N4O7Si/c1-36(2,3)48-35(43)39-31(34(42)45-24-27-13-11-10-12-14-27)22-26-15-18-30(19-16-26)47-33-23-28(17-20-32(33)44-7)21-29(40-41-38)25-46-49(8,9)37(4,5)6/h10-20,23,29,31H,21-22,24-25H2,1-9H3,(H,39,43)/t29-,31-/m0/s1. The lowest BCUT2D eigenvalue weighted by Crippen LogP contribution is -2.45. The number of hydrogen-bond acceptors (Lipinski definition) is 8. The van der Waals surface area contributed by atoms with Gasteiger partial charge in [-0.25, -0.2) is 9.59 Å². The van der Waals surface area contributed by atoms with Crippen molar-refractivity contribution in [2.45, 2.75) is 96.8 Å². The van der Waals surface area contributed by atoms with Gasteiger partial charge in [0.15, 0.2) is 19.8 Å². The summed E-state index contributed by atoms with van der Waals surface area (Å²) in [6, 6.07) is 20.7. The van der Waals surface area contributed by atoms with Crippen LogP contribution in [0.2, 0.25) is 18.1 Å². The van der Waals surface area contributed by atoms with Crippen LogP contribution in [0.4, 0.5) is 4.79 Å². The summed E-state index contributed by atoms with van der Waals surface area (Å²) in [6.07, 6.45) is -0.0796. The predicted molar refractivity (Wildman–Crippen MR) is 192 cm³/mol. The van der Waals surface area contributed by atoms with E-state index in [2.05, 4.69) is 49.2 Å². The highest BCUT2D eigenvalue weighted by atomic mass is 28.4. The molecule has 1 amide bonds. The Hall–Kier alpha value is -4.51. The maximum absolute atomic E-state index is 13.1. The van der Waals surface area contributed by atoms with Gasteiger partial charge in [-0.3, -0.25) is 0 Å². The van der Waals surface area contributed by atoms with Crippen molar-refractivity contribution < 1.29 is 33.0 Å². The first kappa shape index (κ1) is 38.9. The number of rotatable bonds is 15. The van der Waals surface area contributed by atoms with Gasteiger partial charge in [0.05, 0.1) is 13.2 Å². The molecular formula is C37H50N4O7Si. The average Bonchev–Trinajstić information content (AvgIpc) is 3.02. The number of ether oxygens (including phenoxy) is 4. The molecule has 0 aromatic heterocycles. The van der Waals surface area contributed by atoms with Gasteiger partial charge in [-0.15, -0.1) is 0 Å². The summed E-state index contributed by atoms with van der Waals surface area (Å²) >= 11 is 0. The molecule has 0 saturated carbocycles. The second kappa shape index (κ2) is 17.2. The number of azide groups is 1. The molecule has 0 bridgehead atoms. The van der Waals surface area contributed by atoms with Gasteiger partial charge >= 0.3 is 12.1 Å². The number of nitrogens with one attached hydrogen (secondary N) is 1. The lowest BCUT2D eigenvalue weighted by atomic mass is 10.1. The second-order valence-electron chi connectivity index (χ2n) is 14.4. The normalized spacial score (nSPS) is 13.0. The predicted octanol–water partition coefficient (Wildman–Crippen LogP) is 8.91. The van der Waals surface area contributed by atoms with Crippen molar-refractivity contribution in [1.82, 2.24) is 5.32 Å². The summed E-state index contributed by atoms with van der Waals surface area (Å²) in [5.74, 6) is 0.987. The van der Waals surface area contributed by atoms with Crippen LogP contribution in [-0.2, 0) is 38.1 Å². The van der Waals surface area contributed by atoms with Gasteiger partial charge in [0, 0.05) is 17.9 Å². The Morgan fingerprint density at radius 2 is 1.53 bits per heavy atom. The molecule has 0 unspecified atom stereocenters. The SMILES string of the molecule is COc1ccc(C[C@@H](CO[Si](C)(C)C(C)(C)C)N=[N+]=[N-])cc1Oc1ccc(C[C@H](NC(=O)OC(C)(C)C)C(=O)OCc2ccccc2)cc1. The molecule has 0 aliphatic rings. The van der Waals surface area contributed by atoms with E-state index in [0.29, 0.717) is 30.3 Å². The van der Waals surface area contributed by atoms with Crippen LogP contribution in [0.5, 0.6) is 17.2 Å². The summed E-state index contributed by atoms with van der Waals surface area (Å²) in [6.45, 7) is 16.5. The minimum absolute atomic E-state index is 0.0335. The Morgan fingerprint density at radius 1 is 0.878 bits per heavy atom. The van der Waals surface area contributed by atoms with Gasteiger partial charge in [-0.05, 0) is 91.8 Å². The van der Waals surface area contributed by atoms with E-state index in [9.17, 15) is 15.1 Å². The van der Waals surface area contributed by atoms with Crippen LogP contribution in [-0.4, -0.2) is 51.8 Å². The number of hydrogen-bond donors (Lipinski definition) is 1. The van der Waals surface area contributed by atoms with Crippen LogP contribution < -0.4 is 14.8 Å². The van der Waals surface area contributed by atoms with Crippen LogP contribution in [0.25, 0.3) is 10.4 Å². The van der Waals surface area contributed by atoms with Gasteiger partial charge in [0.25, 0.3) is 0 Å². The number of methoxy groups -OCH3 is 1. The minimum Gasteiger partial charge on any atom is -0.493 e. The van der Waals surface area contributed by atoms with E-state index >= 15 is 0 Å². The number of benzene rings is 3. The van der Waals surface area contributed by atoms with E-state index < -0.39 is 32.0 Å². The number of carbonyl (C=O) groups is 2. The summed E-state index contributed by atoms with van der Waals surface area (Å²) in [5, 5.41) is 6.70. The molecule has 12 heteroatoms. The van der Waals surface area contributed by atoms with Gasteiger partial charge in [0.2, 0.25) is 0 Å². The lowest BCUT2D eigenvalue weighted by Gasteiger charge is -2.36. The van der Waals surface area contributed by atoms with Crippen molar-refractivity contribution in [1.29, 1.82) is 0 Å². The molecule has 49 heavy (non-hydrogen) atoms. The van der Waals surface area contributed by atoms with Gasteiger partial charge in [0.1, 0.15) is 24.0 Å². The third-order valence-corrected chi connectivity index (χ3v) is 12.6. The zero-order valence-corrected chi connectivity index (χ0v) is 31.1. The maximum atomic E-state index is 13.1. The molecule has 0 fully saturated rings. The molecule has 0 aliphatic heterocycles. The Morgan fingerprint density at radius 3 is 2.12 bits per heavy atom. The largest absolute Gasteiger partial charge is 0.493 e. The van der Waals surface area contributed by atoms with Crippen LogP contribution in [0.15, 0.2) is 77.9 Å². The van der Waals surface area contributed by atoms with Crippen molar-refractivity contribution in [2.75, 3.05) is 13.7 Å². The highest BCUT2D eigenvalue weighted by molar-refractivity contribution is 6.74. The Labute approximate surface area is 291 Å². The number of alkyl carbamates (subject to hydrolysis) is 1. The molecule has 2 atom stereocenters. The van der Waals surface area contributed by atoms with Crippen LogP contribution in [0.1, 0.15) is 58.2 Å². The fraction of sp³-hybridized carbons (Fsp3) is 0.459. The smallest absolute Gasteiger partial charge is 0.408 e. The molecule has 0 spiro atoms. The van der Waals surface area contributed by atoms with E-state index in [1.54, 1.807) is 40.0 Å². The molecule has 264 valence electrons. The Kier molecular flexibility index (Phi) is 13.7. The number of esters is 1. The van der Waals surface area contributed by atoms with E-state index in [-0.39, 0.29) is 24.1 Å². The molecule has 3 aromatic rings. The third kappa shape index (κ3) is 12.8. The average molecular weight is 691 g/mol. The van der Waals surface area contributed by atoms with Crippen molar-refractivity contribution >= 4 is 20.4 Å². The molecule has 0 heterocycles. The Bertz CT molecular complexity index is 1580. The first-order valence-corrected chi connectivity index (χ1v) is 19.2. The van der Waals surface area contributed by atoms with Crippen LogP contribution in [0.3, 0.4) is 0 Å². The molecular weight excluding hydrogens is 641 g/mol. The molecule has 11 nitrogen and oxygen atoms in total. The fourth-order valence-electron chi connectivity index (χ4n) is 4.46. The molecule has 0 aliphatic carbocycles. The van der Waals surface area contributed by atoms with Gasteiger partial charge in [-0.2, -0.15) is 0 Å². The first-order chi connectivity index (χ1) is 23.0. The second-order valence-corrected chi connectivity index (χ2v) is 19.2. The van der Waals surface area contributed by atoms with E-state index in [1.165, 1.54) is 0 Å². The molecule has 0 radical (unpaired) electrons. The van der Waals surface area contributed by atoms with Crippen molar-refractivity contribution in [2.24, 2.45) is 5.11 Å². The monoisotopic (exact) mass is 690 g/mol. The van der Waals surface area contributed by atoms with Crippen LogP contribution in [0, 0.1) is 0 Å². The van der Waals surface area contributed by atoms with E-state index in [4.69, 9.17) is 23.4 Å².